The molecule has 3 N–H and O–H groups in total. The third-order valence-electron chi connectivity index (χ3n) is 4.55. The normalized spacial score (nSPS) is 29.3. The zero-order valence-corrected chi connectivity index (χ0v) is 11.9. The van der Waals surface area contributed by atoms with E-state index in [0.717, 1.165) is 45.1 Å². The van der Waals surface area contributed by atoms with Crippen molar-refractivity contribution >= 4 is 5.91 Å². The van der Waals surface area contributed by atoms with E-state index in [9.17, 15) is 9.90 Å². The van der Waals surface area contributed by atoms with Gasteiger partial charge in [0.2, 0.25) is 5.91 Å². The number of ether oxygens (including phenoxy) is 1. The Balaban J connectivity index is 1.95. The van der Waals surface area contributed by atoms with Gasteiger partial charge in [-0.1, -0.05) is 0 Å². The van der Waals surface area contributed by atoms with Crippen molar-refractivity contribution < 1.29 is 14.6 Å². The Morgan fingerprint density at radius 3 is 2.74 bits per heavy atom. The van der Waals surface area contributed by atoms with E-state index in [4.69, 9.17) is 10.5 Å². The van der Waals surface area contributed by atoms with Gasteiger partial charge in [-0.25, -0.2) is 0 Å². The van der Waals surface area contributed by atoms with Gasteiger partial charge >= 0.3 is 0 Å². The summed E-state index contributed by atoms with van der Waals surface area (Å²) in [5.41, 5.74) is 5.25. The van der Waals surface area contributed by atoms with Crippen LogP contribution in [0.2, 0.25) is 0 Å². The molecule has 2 rings (SSSR count). The highest BCUT2D eigenvalue weighted by molar-refractivity contribution is 5.89. The third-order valence-corrected chi connectivity index (χ3v) is 4.55. The number of nitrogens with zero attached hydrogens (tertiary/aromatic N) is 1. The number of carbonyl (C=O) groups is 1. The van der Waals surface area contributed by atoms with E-state index in [-0.39, 0.29) is 17.9 Å². The maximum atomic E-state index is 12.3. The van der Waals surface area contributed by atoms with Crippen LogP contribution in [0.3, 0.4) is 0 Å². The van der Waals surface area contributed by atoms with Crippen molar-refractivity contribution in [3.05, 3.63) is 0 Å². The molecular weight excluding hydrogens is 244 g/mol. The number of aliphatic hydroxyl groups excluding tert-OH is 1. The second-order valence-electron chi connectivity index (χ2n) is 6.24. The van der Waals surface area contributed by atoms with Crippen LogP contribution in [0.1, 0.15) is 38.5 Å². The molecule has 1 heterocycles. The molecule has 0 bridgehead atoms. The second-order valence-corrected chi connectivity index (χ2v) is 6.24. The van der Waals surface area contributed by atoms with Crippen LogP contribution in [0.25, 0.3) is 0 Å². The number of rotatable bonds is 6. The Bertz CT molecular complexity index is 331. The Labute approximate surface area is 115 Å². The molecule has 0 aromatic carbocycles. The Morgan fingerprint density at radius 2 is 2.16 bits per heavy atom. The van der Waals surface area contributed by atoms with E-state index in [2.05, 4.69) is 0 Å². The number of aliphatic hydroxyl groups is 1. The molecule has 1 unspecified atom stereocenters. The van der Waals surface area contributed by atoms with Crippen molar-refractivity contribution in [3.63, 3.8) is 0 Å². The molecular formula is C14H26N2O3. The summed E-state index contributed by atoms with van der Waals surface area (Å²) in [5, 5.41) is 9.75. The molecule has 1 saturated carbocycles. The van der Waals surface area contributed by atoms with Gasteiger partial charge in [0.1, 0.15) is 0 Å². The van der Waals surface area contributed by atoms with Crippen molar-refractivity contribution in [2.24, 2.45) is 11.1 Å². The van der Waals surface area contributed by atoms with E-state index in [1.165, 1.54) is 0 Å². The maximum Gasteiger partial charge on any atom is 0.242 e. The van der Waals surface area contributed by atoms with E-state index < -0.39 is 5.54 Å². The number of methoxy groups -OCH3 is 1. The molecule has 2 fully saturated rings. The lowest BCUT2D eigenvalue weighted by Crippen LogP contribution is -2.53. The van der Waals surface area contributed by atoms with Gasteiger partial charge in [0.05, 0.1) is 12.1 Å². The van der Waals surface area contributed by atoms with E-state index >= 15 is 0 Å². The Morgan fingerprint density at radius 1 is 1.42 bits per heavy atom. The maximum absolute atomic E-state index is 12.3. The van der Waals surface area contributed by atoms with E-state index in [0.29, 0.717) is 13.2 Å². The summed E-state index contributed by atoms with van der Waals surface area (Å²) in [7, 11) is 1.69. The average molecular weight is 270 g/mol. The summed E-state index contributed by atoms with van der Waals surface area (Å²) in [5.74, 6) is 0.0803. The fourth-order valence-electron chi connectivity index (χ4n) is 3.05. The van der Waals surface area contributed by atoms with Crippen LogP contribution in [0.15, 0.2) is 0 Å². The molecule has 1 aliphatic carbocycles. The lowest BCUT2D eigenvalue weighted by molar-refractivity contribution is -0.138. The minimum Gasteiger partial charge on any atom is -0.396 e. The standard InChI is InChI=1S/C14H26N2O3/c1-19-9-3-5-13(11-17)4-2-8-16(10-13)12(18)14(15)6-7-14/h17H,2-11,15H2,1H3. The number of likely N-dealkylation sites (tertiary alicyclic amines) is 1. The highest BCUT2D eigenvalue weighted by Crippen LogP contribution is 2.39. The van der Waals surface area contributed by atoms with Gasteiger partial charge in [-0.15, -0.1) is 0 Å². The SMILES string of the molecule is COCCCC1(CO)CCCN(C(=O)C2(N)CC2)C1. The summed E-state index contributed by atoms with van der Waals surface area (Å²) < 4.78 is 5.08. The van der Waals surface area contributed by atoms with Crippen LogP contribution < -0.4 is 5.73 Å². The molecule has 0 radical (unpaired) electrons. The molecule has 19 heavy (non-hydrogen) atoms. The van der Waals surface area contributed by atoms with Gasteiger partial charge in [0.15, 0.2) is 0 Å². The minimum atomic E-state index is -0.592. The largest absolute Gasteiger partial charge is 0.396 e. The number of hydrogen-bond donors (Lipinski definition) is 2. The highest BCUT2D eigenvalue weighted by Gasteiger charge is 2.50. The van der Waals surface area contributed by atoms with Gasteiger partial charge in [0.25, 0.3) is 0 Å². The van der Waals surface area contributed by atoms with Gasteiger partial charge in [0, 0.05) is 32.2 Å². The summed E-state index contributed by atoms with van der Waals surface area (Å²) in [4.78, 5) is 14.2. The van der Waals surface area contributed by atoms with Gasteiger partial charge in [-0.05, 0) is 38.5 Å². The zero-order valence-electron chi connectivity index (χ0n) is 11.9. The fourth-order valence-corrected chi connectivity index (χ4v) is 3.05. The van der Waals surface area contributed by atoms with Gasteiger partial charge in [-0.3, -0.25) is 4.79 Å². The molecule has 0 aromatic rings. The second kappa shape index (κ2) is 5.77. The monoisotopic (exact) mass is 270 g/mol. The van der Waals surface area contributed by atoms with Crippen LogP contribution in [-0.4, -0.2) is 54.9 Å². The molecule has 1 atom stereocenters. The molecule has 110 valence electrons. The lowest BCUT2D eigenvalue weighted by atomic mass is 9.76. The summed E-state index contributed by atoms with van der Waals surface area (Å²) >= 11 is 0. The van der Waals surface area contributed by atoms with E-state index in [1.807, 2.05) is 4.90 Å². The molecule has 5 nitrogen and oxygen atoms in total. The van der Waals surface area contributed by atoms with Crippen LogP contribution in [-0.2, 0) is 9.53 Å². The zero-order chi connectivity index (χ0) is 13.9. The number of piperidine rings is 1. The minimum absolute atomic E-state index is 0.0803. The molecule has 1 aliphatic heterocycles. The number of hydrogen-bond acceptors (Lipinski definition) is 4. The fraction of sp³-hybridized carbons (Fsp3) is 0.929. The van der Waals surface area contributed by atoms with Crippen molar-refractivity contribution in [3.8, 4) is 0 Å². The van der Waals surface area contributed by atoms with Crippen molar-refractivity contribution in [2.45, 2.75) is 44.1 Å². The first-order chi connectivity index (χ1) is 9.05. The van der Waals surface area contributed by atoms with Crippen molar-refractivity contribution in [1.82, 2.24) is 4.90 Å². The first-order valence-corrected chi connectivity index (χ1v) is 7.23. The number of carbonyl (C=O) groups excluding carboxylic acids is 1. The van der Waals surface area contributed by atoms with Crippen molar-refractivity contribution in [2.75, 3.05) is 33.4 Å². The predicted molar refractivity (Wildman–Crippen MR) is 72.6 cm³/mol. The Kier molecular flexibility index (Phi) is 4.48. The summed E-state index contributed by atoms with van der Waals surface area (Å²) in [6, 6.07) is 0. The first kappa shape index (κ1) is 14.8. The first-order valence-electron chi connectivity index (χ1n) is 7.23. The van der Waals surface area contributed by atoms with E-state index in [1.54, 1.807) is 7.11 Å². The van der Waals surface area contributed by atoms with Crippen LogP contribution >= 0.6 is 0 Å². The number of nitrogens with two attached hydrogens (primary N) is 1. The average Bonchev–Trinajstić information content (AvgIpc) is 3.18. The topological polar surface area (TPSA) is 75.8 Å². The lowest BCUT2D eigenvalue weighted by Gasteiger charge is -2.42. The molecule has 0 spiro atoms. The molecule has 1 saturated heterocycles. The summed E-state index contributed by atoms with van der Waals surface area (Å²) in [6.07, 6.45) is 5.37. The number of amides is 1. The van der Waals surface area contributed by atoms with Crippen molar-refractivity contribution in [1.29, 1.82) is 0 Å². The van der Waals surface area contributed by atoms with Crippen LogP contribution in [0.4, 0.5) is 0 Å². The smallest absolute Gasteiger partial charge is 0.242 e. The van der Waals surface area contributed by atoms with Crippen LogP contribution in [0, 0.1) is 5.41 Å². The molecule has 0 aromatic heterocycles. The predicted octanol–water partition coefficient (Wildman–Crippen LogP) is 0.505. The van der Waals surface area contributed by atoms with Gasteiger partial charge in [-0.2, -0.15) is 0 Å². The van der Waals surface area contributed by atoms with Gasteiger partial charge < -0.3 is 20.5 Å². The third kappa shape index (κ3) is 3.27. The molecule has 2 aliphatic rings. The molecule has 5 heteroatoms. The van der Waals surface area contributed by atoms with Crippen LogP contribution in [0.5, 0.6) is 0 Å². The quantitative estimate of drug-likeness (QED) is 0.689. The highest BCUT2D eigenvalue weighted by atomic mass is 16.5. The molecule has 1 amide bonds. The summed E-state index contributed by atoms with van der Waals surface area (Å²) in [6.45, 7) is 2.27. The Hall–Kier alpha value is -0.650.